The molecule has 1 aromatic heterocycles. The van der Waals surface area contributed by atoms with Crippen molar-refractivity contribution in [2.45, 2.75) is 11.3 Å². The average Bonchev–Trinajstić information content (AvgIpc) is 2.76. The van der Waals surface area contributed by atoms with Crippen molar-refractivity contribution < 1.29 is 23.1 Å². The van der Waals surface area contributed by atoms with E-state index in [4.69, 9.17) is 10.8 Å². The molecule has 0 unspecified atom stereocenters. The third-order valence-corrected chi connectivity index (χ3v) is 3.35. The Bertz CT molecular complexity index is 672. The molecule has 0 aliphatic heterocycles. The van der Waals surface area contributed by atoms with Crippen molar-refractivity contribution in [3.63, 3.8) is 0 Å². The van der Waals surface area contributed by atoms with Crippen LogP contribution in [0.4, 0.5) is 19.1 Å². The van der Waals surface area contributed by atoms with Gasteiger partial charge in [-0.1, -0.05) is 23.9 Å². The minimum absolute atomic E-state index is 0.0217. The van der Waals surface area contributed by atoms with Crippen LogP contribution < -0.4 is 5.73 Å². The number of hydrogen-bond acceptors (Lipinski definition) is 5. The number of alkyl halides is 3. The number of carbonyl (C=O) groups is 1. The minimum atomic E-state index is -4.58. The SMILES string of the molecule is Nc1nnc(SCC(=O)O)n1-c1ccccc1C(F)(F)F. The lowest BCUT2D eigenvalue weighted by molar-refractivity contribution is -0.137. The number of halogens is 3. The molecule has 112 valence electrons. The highest BCUT2D eigenvalue weighted by Crippen LogP contribution is 2.35. The van der Waals surface area contributed by atoms with Gasteiger partial charge in [-0.05, 0) is 12.1 Å². The van der Waals surface area contributed by atoms with Gasteiger partial charge in [0.15, 0.2) is 5.16 Å². The topological polar surface area (TPSA) is 94.0 Å². The maximum Gasteiger partial charge on any atom is 0.418 e. The Morgan fingerprint density at radius 2 is 2.00 bits per heavy atom. The fourth-order valence-electron chi connectivity index (χ4n) is 1.64. The second kappa shape index (κ2) is 5.64. The molecule has 6 nitrogen and oxygen atoms in total. The van der Waals surface area contributed by atoms with E-state index in [1.807, 2.05) is 0 Å². The van der Waals surface area contributed by atoms with E-state index in [0.29, 0.717) is 0 Å². The summed E-state index contributed by atoms with van der Waals surface area (Å²) in [5.41, 5.74) is 4.39. The lowest BCUT2D eigenvalue weighted by Crippen LogP contribution is -2.13. The van der Waals surface area contributed by atoms with Crippen LogP contribution in [0.5, 0.6) is 0 Å². The second-order valence-electron chi connectivity index (χ2n) is 3.87. The summed E-state index contributed by atoms with van der Waals surface area (Å²) in [5, 5.41) is 15.7. The number of rotatable bonds is 4. The highest BCUT2D eigenvalue weighted by Gasteiger charge is 2.34. The molecular formula is C11H9F3N4O2S. The van der Waals surface area contributed by atoms with Crippen molar-refractivity contribution in [1.82, 2.24) is 14.8 Å². The van der Waals surface area contributed by atoms with Gasteiger partial charge < -0.3 is 10.8 Å². The summed E-state index contributed by atoms with van der Waals surface area (Å²) < 4.78 is 40.0. The minimum Gasteiger partial charge on any atom is -0.481 e. The molecule has 1 aromatic carbocycles. The van der Waals surface area contributed by atoms with E-state index in [1.54, 1.807) is 0 Å². The zero-order valence-electron chi connectivity index (χ0n) is 10.3. The van der Waals surface area contributed by atoms with Gasteiger partial charge >= 0.3 is 12.1 Å². The molecule has 0 spiro atoms. The first kappa shape index (κ1) is 15.2. The number of nitrogens with two attached hydrogens (primary N) is 1. The van der Waals surface area contributed by atoms with Gasteiger partial charge in [0, 0.05) is 0 Å². The van der Waals surface area contributed by atoms with Crippen LogP contribution in [0.3, 0.4) is 0 Å². The Kier molecular flexibility index (Phi) is 4.07. The number of anilines is 1. The summed E-state index contributed by atoms with van der Waals surface area (Å²) in [6, 6.07) is 4.78. The zero-order valence-corrected chi connectivity index (χ0v) is 11.1. The van der Waals surface area contributed by atoms with Crippen LogP contribution in [0.25, 0.3) is 5.69 Å². The molecule has 0 fully saturated rings. The summed E-state index contributed by atoms with van der Waals surface area (Å²) in [7, 11) is 0. The zero-order chi connectivity index (χ0) is 15.6. The van der Waals surface area contributed by atoms with Gasteiger partial charge in [-0.2, -0.15) is 13.2 Å². The van der Waals surface area contributed by atoms with Crippen LogP contribution in [-0.4, -0.2) is 31.6 Å². The van der Waals surface area contributed by atoms with Crippen molar-refractivity contribution in [2.24, 2.45) is 0 Å². The van der Waals surface area contributed by atoms with Crippen molar-refractivity contribution in [2.75, 3.05) is 11.5 Å². The molecule has 2 rings (SSSR count). The van der Waals surface area contributed by atoms with E-state index >= 15 is 0 Å². The highest BCUT2D eigenvalue weighted by atomic mass is 32.2. The second-order valence-corrected chi connectivity index (χ2v) is 4.82. The van der Waals surface area contributed by atoms with Crippen molar-refractivity contribution >= 4 is 23.7 Å². The molecule has 0 amide bonds. The molecule has 10 heteroatoms. The Hall–Kier alpha value is -2.23. The molecule has 2 aromatic rings. The van der Waals surface area contributed by atoms with Gasteiger partial charge in [-0.15, -0.1) is 10.2 Å². The lowest BCUT2D eigenvalue weighted by Gasteiger charge is -2.14. The molecular weight excluding hydrogens is 309 g/mol. The first-order valence-corrected chi connectivity index (χ1v) is 6.51. The van der Waals surface area contributed by atoms with Crippen LogP contribution in [0.1, 0.15) is 5.56 Å². The summed E-state index contributed by atoms with van der Waals surface area (Å²) in [6.07, 6.45) is -4.58. The Morgan fingerprint density at radius 1 is 1.33 bits per heavy atom. The number of carboxylic acids is 1. The molecule has 0 saturated heterocycles. The molecule has 0 saturated carbocycles. The molecule has 0 radical (unpaired) electrons. The fourth-order valence-corrected chi connectivity index (χ4v) is 2.31. The third-order valence-electron chi connectivity index (χ3n) is 2.43. The van der Waals surface area contributed by atoms with E-state index in [-0.39, 0.29) is 22.5 Å². The standard InChI is InChI=1S/C11H9F3N4O2S/c12-11(13,14)6-3-1-2-4-7(6)18-9(15)16-17-10(18)21-5-8(19)20/h1-4H,5H2,(H2,15,16)(H,19,20). The van der Waals surface area contributed by atoms with Gasteiger partial charge in [0.25, 0.3) is 0 Å². The largest absolute Gasteiger partial charge is 0.481 e. The highest BCUT2D eigenvalue weighted by molar-refractivity contribution is 7.99. The van der Waals surface area contributed by atoms with Gasteiger partial charge in [-0.3, -0.25) is 9.36 Å². The lowest BCUT2D eigenvalue weighted by atomic mass is 10.1. The number of hydrogen-bond donors (Lipinski definition) is 2. The number of thioether (sulfide) groups is 1. The Labute approximate surface area is 120 Å². The maximum atomic E-state index is 13.0. The van der Waals surface area contributed by atoms with Crippen molar-refractivity contribution in [3.8, 4) is 5.69 Å². The fraction of sp³-hybridized carbons (Fsp3) is 0.182. The number of aliphatic carboxylic acids is 1. The first-order valence-electron chi connectivity index (χ1n) is 5.53. The van der Waals surface area contributed by atoms with Gasteiger partial charge in [0.2, 0.25) is 5.95 Å². The summed E-state index contributed by atoms with van der Waals surface area (Å²) in [4.78, 5) is 10.6. The van der Waals surface area contributed by atoms with E-state index < -0.39 is 17.7 Å². The molecule has 0 aliphatic carbocycles. The molecule has 21 heavy (non-hydrogen) atoms. The van der Waals surface area contributed by atoms with Crippen LogP contribution in [0.15, 0.2) is 29.4 Å². The van der Waals surface area contributed by atoms with Gasteiger partial charge in [0.1, 0.15) is 0 Å². The van der Waals surface area contributed by atoms with E-state index in [1.165, 1.54) is 18.2 Å². The Balaban J connectivity index is 2.52. The number of nitrogens with zero attached hydrogens (tertiary/aromatic N) is 3. The first-order chi connectivity index (χ1) is 9.80. The monoisotopic (exact) mass is 318 g/mol. The number of nitrogen functional groups attached to an aromatic ring is 1. The summed E-state index contributed by atoms with van der Waals surface area (Å²) in [5.74, 6) is -1.75. The predicted molar refractivity (Wildman–Crippen MR) is 69.1 cm³/mol. The predicted octanol–water partition coefficient (Wildman–Crippen LogP) is 2.04. The Morgan fingerprint density at radius 3 is 2.62 bits per heavy atom. The molecule has 0 bridgehead atoms. The van der Waals surface area contributed by atoms with Crippen LogP contribution in [-0.2, 0) is 11.0 Å². The quantitative estimate of drug-likeness (QED) is 0.838. The van der Waals surface area contributed by atoms with E-state index in [9.17, 15) is 18.0 Å². The molecule has 0 atom stereocenters. The van der Waals surface area contributed by atoms with Crippen LogP contribution in [0, 0.1) is 0 Å². The number of para-hydroxylation sites is 1. The number of benzene rings is 1. The van der Waals surface area contributed by atoms with Gasteiger partial charge in [0.05, 0.1) is 17.0 Å². The van der Waals surface area contributed by atoms with Crippen LogP contribution >= 0.6 is 11.8 Å². The average molecular weight is 318 g/mol. The maximum absolute atomic E-state index is 13.0. The third kappa shape index (κ3) is 3.27. The van der Waals surface area contributed by atoms with Crippen molar-refractivity contribution in [3.05, 3.63) is 29.8 Å². The summed E-state index contributed by atoms with van der Waals surface area (Å²) >= 11 is 0.733. The van der Waals surface area contributed by atoms with Crippen LogP contribution in [0.2, 0.25) is 0 Å². The summed E-state index contributed by atoms with van der Waals surface area (Å²) in [6.45, 7) is 0. The molecule has 0 aliphatic rings. The van der Waals surface area contributed by atoms with E-state index in [2.05, 4.69) is 10.2 Å². The number of aromatic nitrogens is 3. The smallest absolute Gasteiger partial charge is 0.418 e. The normalized spacial score (nSPS) is 11.6. The van der Waals surface area contributed by atoms with Gasteiger partial charge in [-0.25, -0.2) is 0 Å². The molecule has 3 N–H and O–H groups in total. The van der Waals surface area contributed by atoms with Crippen molar-refractivity contribution in [1.29, 1.82) is 0 Å². The number of carboxylic acid groups (broad SMARTS) is 1. The molecule has 1 heterocycles. The van der Waals surface area contributed by atoms with E-state index in [0.717, 1.165) is 22.4 Å².